The van der Waals surface area contributed by atoms with E-state index in [-0.39, 0.29) is 41.7 Å². The molecule has 0 heterocycles. The van der Waals surface area contributed by atoms with Gasteiger partial charge in [-0.15, -0.1) is 0 Å². The highest BCUT2D eigenvalue weighted by Gasteiger charge is 2.56. The summed E-state index contributed by atoms with van der Waals surface area (Å²) in [7, 11) is 0. The molecule has 2 bridgehead atoms. The first-order valence-corrected chi connectivity index (χ1v) is 14.2. The van der Waals surface area contributed by atoms with Crippen molar-refractivity contribution in [1.82, 2.24) is 5.32 Å². The minimum Gasteiger partial charge on any atom is -0.478 e. The highest BCUT2D eigenvalue weighted by molar-refractivity contribution is 5.95. The number of nitrogens with one attached hydrogen (secondary N) is 2. The molecule has 2 unspecified atom stereocenters. The zero-order valence-corrected chi connectivity index (χ0v) is 23.1. The predicted octanol–water partition coefficient (Wildman–Crippen LogP) is 7.08. The first-order chi connectivity index (χ1) is 20.6. The lowest BCUT2D eigenvalue weighted by molar-refractivity contribution is -0.140. The second-order valence-electron chi connectivity index (χ2n) is 11.7. The monoisotopic (exact) mass is 626 g/mol. The van der Waals surface area contributed by atoms with Gasteiger partial charge in [-0.25, -0.2) is 9.18 Å². The van der Waals surface area contributed by atoms with Gasteiger partial charge >= 0.3 is 18.3 Å². The van der Waals surface area contributed by atoms with Gasteiger partial charge in [-0.1, -0.05) is 24.1 Å². The van der Waals surface area contributed by atoms with Crippen molar-refractivity contribution in [3.05, 3.63) is 76.6 Å². The minimum atomic E-state index is -5.04. The average molecular weight is 627 g/mol. The number of hydrogen-bond donors (Lipinski definition) is 3. The molecule has 3 aliphatic rings. The Morgan fingerprint density at radius 1 is 0.886 bits per heavy atom. The minimum absolute atomic E-state index is 0.0370. The first kappa shape index (κ1) is 31.5. The zero-order chi connectivity index (χ0) is 32.0. The highest BCUT2D eigenvalue weighted by Crippen LogP contribution is 2.54. The Bertz CT molecular complexity index is 1490. The maximum absolute atomic E-state index is 13.8. The van der Waals surface area contributed by atoms with Crippen LogP contribution >= 0.6 is 0 Å². The summed E-state index contributed by atoms with van der Waals surface area (Å²) in [5, 5.41) is 14.5. The molecule has 3 aliphatic carbocycles. The lowest BCUT2D eigenvalue weighted by Crippen LogP contribution is -2.50. The summed E-state index contributed by atoms with van der Waals surface area (Å²) < 4.78 is 93.9. The first-order valence-electron chi connectivity index (χ1n) is 14.2. The lowest BCUT2D eigenvalue weighted by atomic mass is 9.77. The molecular weight excluding hydrogens is 597 g/mol. The molecule has 6 nitrogen and oxygen atoms in total. The van der Waals surface area contributed by atoms with Crippen molar-refractivity contribution in [2.75, 3.05) is 5.32 Å². The van der Waals surface area contributed by atoms with E-state index < -0.39 is 71.2 Å². The summed E-state index contributed by atoms with van der Waals surface area (Å²) in [6.45, 7) is 0. The summed E-state index contributed by atoms with van der Waals surface area (Å²) in [6.07, 6.45) is -6.86. The van der Waals surface area contributed by atoms with Crippen LogP contribution in [0.1, 0.15) is 65.9 Å². The Hall–Kier alpha value is -3.90. The number of amides is 2. The van der Waals surface area contributed by atoms with Crippen LogP contribution in [0.5, 0.6) is 0 Å². The molecule has 3 saturated carbocycles. The summed E-state index contributed by atoms with van der Waals surface area (Å²) in [5.41, 5.74) is -1.15. The van der Waals surface area contributed by atoms with Crippen LogP contribution in [0.4, 0.5) is 36.4 Å². The van der Waals surface area contributed by atoms with Gasteiger partial charge in [-0.05, 0) is 79.8 Å². The molecule has 236 valence electrons. The van der Waals surface area contributed by atoms with Crippen LogP contribution in [-0.2, 0) is 15.8 Å². The number of allylic oxidation sites excluding steroid dienone is 1. The number of rotatable bonds is 6. The van der Waals surface area contributed by atoms with Gasteiger partial charge in [-0.2, -0.15) is 26.3 Å². The fourth-order valence-electron chi connectivity index (χ4n) is 7.17. The molecule has 13 heteroatoms. The van der Waals surface area contributed by atoms with Crippen molar-refractivity contribution in [1.29, 1.82) is 0 Å². The number of carboxylic acids is 1. The molecule has 5 rings (SSSR count). The third kappa shape index (κ3) is 6.61. The predicted molar refractivity (Wildman–Crippen MR) is 144 cm³/mol. The van der Waals surface area contributed by atoms with Gasteiger partial charge in [0.25, 0.3) is 0 Å². The molecule has 0 radical (unpaired) electrons. The van der Waals surface area contributed by atoms with Crippen molar-refractivity contribution >= 4 is 23.5 Å². The largest absolute Gasteiger partial charge is 0.478 e. The summed E-state index contributed by atoms with van der Waals surface area (Å²) in [5.74, 6) is -7.52. The number of anilines is 1. The Labute approximate surface area is 247 Å². The number of hydrogen-bond acceptors (Lipinski definition) is 3. The number of carboxylic acid groups (broad SMARTS) is 1. The van der Waals surface area contributed by atoms with Gasteiger partial charge in [0.15, 0.2) is 0 Å². The number of carbonyl (C=O) groups is 3. The molecule has 6 atom stereocenters. The second-order valence-corrected chi connectivity index (χ2v) is 11.7. The van der Waals surface area contributed by atoms with Crippen molar-refractivity contribution in [3.8, 4) is 0 Å². The summed E-state index contributed by atoms with van der Waals surface area (Å²) in [4.78, 5) is 38.4. The van der Waals surface area contributed by atoms with Crippen LogP contribution in [0.3, 0.4) is 0 Å². The van der Waals surface area contributed by atoms with Crippen LogP contribution in [0, 0.1) is 29.5 Å². The van der Waals surface area contributed by atoms with E-state index in [0.717, 1.165) is 11.6 Å². The number of halogens is 7. The van der Waals surface area contributed by atoms with E-state index in [1.54, 1.807) is 18.2 Å². The van der Waals surface area contributed by atoms with E-state index in [1.807, 2.05) is 0 Å². The van der Waals surface area contributed by atoms with Crippen molar-refractivity contribution in [2.24, 2.45) is 23.7 Å². The Morgan fingerprint density at radius 2 is 1.61 bits per heavy atom. The van der Waals surface area contributed by atoms with Crippen molar-refractivity contribution in [3.63, 3.8) is 0 Å². The standard InChI is InChI=1S/C31H29F7N2O4/c32-24-10-7-19(13-23(24)31(36,37)38)39-28(42)25-20-8-9-21(22(20)14-30(33,34)35)26(25)40-27(41)17-5-1-3-15(11-17)16-4-2-6-18(12-16)29(43)44/h2,4,6-7,10,12-15,17,20-21,25-26H,1,3,5,8-9,11H2,(H,39,42)(H,40,41)(H,43,44)/b22-14-/t15?,17?,20-,21+,25-,26+/m0/s1. The van der Waals surface area contributed by atoms with Crippen LogP contribution in [-0.4, -0.2) is 35.1 Å². The summed E-state index contributed by atoms with van der Waals surface area (Å²) in [6, 6.07) is 7.26. The molecule has 3 N–H and O–H groups in total. The van der Waals surface area contributed by atoms with E-state index in [4.69, 9.17) is 0 Å². The maximum Gasteiger partial charge on any atom is 0.419 e. The zero-order valence-electron chi connectivity index (χ0n) is 23.1. The van der Waals surface area contributed by atoms with Crippen molar-refractivity contribution in [2.45, 2.75) is 62.8 Å². The quantitative estimate of drug-likeness (QED) is 0.236. The lowest BCUT2D eigenvalue weighted by Gasteiger charge is -2.34. The molecule has 3 fully saturated rings. The number of fused-ring (bicyclic) bond motifs is 2. The van der Waals surface area contributed by atoms with E-state index in [2.05, 4.69) is 10.6 Å². The van der Waals surface area contributed by atoms with Crippen LogP contribution in [0.15, 0.2) is 54.1 Å². The molecule has 0 aliphatic heterocycles. The third-order valence-electron chi connectivity index (χ3n) is 9.03. The highest BCUT2D eigenvalue weighted by atomic mass is 19.4. The molecule has 0 saturated heterocycles. The summed E-state index contributed by atoms with van der Waals surface area (Å²) >= 11 is 0. The van der Waals surface area contributed by atoms with Gasteiger partial charge in [0.05, 0.1) is 17.0 Å². The van der Waals surface area contributed by atoms with Gasteiger partial charge in [-0.3, -0.25) is 9.59 Å². The molecule has 0 aromatic heterocycles. The van der Waals surface area contributed by atoms with Crippen LogP contribution in [0.25, 0.3) is 0 Å². The van der Waals surface area contributed by atoms with Crippen LogP contribution < -0.4 is 10.6 Å². The Morgan fingerprint density at radius 3 is 2.30 bits per heavy atom. The number of alkyl halides is 6. The Kier molecular flexibility index (Phi) is 8.52. The number of aromatic carboxylic acids is 1. The van der Waals surface area contributed by atoms with E-state index in [0.29, 0.717) is 37.8 Å². The number of carbonyl (C=O) groups excluding carboxylic acids is 2. The molecule has 2 aromatic rings. The molecular formula is C31H29F7N2O4. The fourth-order valence-corrected chi connectivity index (χ4v) is 7.17. The van der Waals surface area contributed by atoms with Crippen LogP contribution in [0.2, 0.25) is 0 Å². The average Bonchev–Trinajstić information content (AvgIpc) is 3.46. The second kappa shape index (κ2) is 11.9. The third-order valence-corrected chi connectivity index (χ3v) is 9.03. The van der Waals surface area contributed by atoms with E-state index in [9.17, 15) is 50.2 Å². The van der Waals surface area contributed by atoms with Gasteiger partial charge < -0.3 is 15.7 Å². The van der Waals surface area contributed by atoms with Gasteiger partial charge in [0, 0.05) is 29.6 Å². The number of benzene rings is 2. The molecule has 2 amide bonds. The smallest absolute Gasteiger partial charge is 0.419 e. The fraction of sp³-hybridized carbons (Fsp3) is 0.452. The van der Waals surface area contributed by atoms with Gasteiger partial charge in [0.2, 0.25) is 11.8 Å². The van der Waals surface area contributed by atoms with Gasteiger partial charge in [0.1, 0.15) is 5.82 Å². The molecule has 44 heavy (non-hydrogen) atoms. The van der Waals surface area contributed by atoms with E-state index >= 15 is 0 Å². The normalized spacial score (nSPS) is 27.8. The van der Waals surface area contributed by atoms with Crippen molar-refractivity contribution < 1.29 is 50.2 Å². The molecule has 2 aromatic carbocycles. The topological polar surface area (TPSA) is 95.5 Å². The molecule has 0 spiro atoms. The maximum atomic E-state index is 13.8. The Balaban J connectivity index is 1.38. The SMILES string of the molecule is O=C(O)c1cccc(C2CCCC(C(=O)N[C@H]3[C@@H](C(=O)Nc4ccc(F)c(C(F)(F)F)c4)[C@H]4CC[C@@H]3/C4=C\C(F)(F)F)C2)c1. The van der Waals surface area contributed by atoms with E-state index in [1.165, 1.54) is 6.07 Å².